The standard InChI is InChI=1S/C27H30N4O/c1-29(18-19-32)22-12-10-21(11-13-22)20-28-31-16-14-30(15-17-31)27-25-8-4-2-6-23(25)24-7-3-5-9-26(24)27/h2-13,20,27,32H,14-19H2,1H3/b28-20+. The molecule has 1 aliphatic carbocycles. The van der Waals surface area contributed by atoms with Crippen molar-refractivity contribution >= 4 is 11.9 Å². The van der Waals surface area contributed by atoms with Gasteiger partial charge in [0.1, 0.15) is 0 Å². The van der Waals surface area contributed by atoms with Gasteiger partial charge in [-0.25, -0.2) is 0 Å². The van der Waals surface area contributed by atoms with Crippen LogP contribution in [-0.2, 0) is 0 Å². The molecule has 0 bridgehead atoms. The SMILES string of the molecule is CN(CCO)c1ccc(/C=N/N2CCN(C3c4ccccc4-c4ccccc43)CC2)cc1. The van der Waals surface area contributed by atoms with E-state index in [0.717, 1.165) is 37.4 Å². The van der Waals surface area contributed by atoms with Gasteiger partial charge in [0.2, 0.25) is 0 Å². The van der Waals surface area contributed by atoms with Crippen LogP contribution < -0.4 is 4.90 Å². The number of piperazine rings is 1. The lowest BCUT2D eigenvalue weighted by atomic mass is 10.0. The summed E-state index contributed by atoms with van der Waals surface area (Å²) in [4.78, 5) is 4.64. The molecular weight excluding hydrogens is 396 g/mol. The van der Waals surface area contributed by atoms with E-state index in [0.29, 0.717) is 12.6 Å². The largest absolute Gasteiger partial charge is 0.395 e. The number of anilines is 1. The van der Waals surface area contributed by atoms with E-state index in [9.17, 15) is 0 Å². The zero-order chi connectivity index (χ0) is 21.9. The molecule has 32 heavy (non-hydrogen) atoms. The Labute approximate surface area is 190 Å². The van der Waals surface area contributed by atoms with Gasteiger partial charge in [0.25, 0.3) is 0 Å². The van der Waals surface area contributed by atoms with Crippen LogP contribution in [0.25, 0.3) is 11.1 Å². The fourth-order valence-electron chi connectivity index (χ4n) is 4.85. The number of aliphatic hydroxyl groups excluding tert-OH is 1. The van der Waals surface area contributed by atoms with Crippen molar-refractivity contribution in [3.05, 3.63) is 89.5 Å². The van der Waals surface area contributed by atoms with Crippen molar-refractivity contribution in [2.45, 2.75) is 6.04 Å². The van der Waals surface area contributed by atoms with E-state index in [4.69, 9.17) is 10.2 Å². The lowest BCUT2D eigenvalue weighted by molar-refractivity contribution is 0.114. The molecule has 0 atom stereocenters. The predicted molar refractivity (Wildman–Crippen MR) is 131 cm³/mol. The maximum atomic E-state index is 9.09. The fourth-order valence-corrected chi connectivity index (χ4v) is 4.85. The molecule has 5 heteroatoms. The summed E-state index contributed by atoms with van der Waals surface area (Å²) in [5.74, 6) is 0. The molecule has 0 aromatic heterocycles. The molecule has 1 aliphatic heterocycles. The minimum Gasteiger partial charge on any atom is -0.395 e. The summed E-state index contributed by atoms with van der Waals surface area (Å²) < 4.78 is 0. The second kappa shape index (κ2) is 9.15. The van der Waals surface area contributed by atoms with E-state index in [1.807, 2.05) is 18.2 Å². The summed E-state index contributed by atoms with van der Waals surface area (Å²) in [6, 6.07) is 26.3. The lowest BCUT2D eigenvalue weighted by Gasteiger charge is -2.37. The van der Waals surface area contributed by atoms with E-state index < -0.39 is 0 Å². The van der Waals surface area contributed by atoms with Gasteiger partial charge < -0.3 is 10.0 Å². The second-order valence-corrected chi connectivity index (χ2v) is 8.55. The summed E-state index contributed by atoms with van der Waals surface area (Å²) in [6.45, 7) is 4.63. The van der Waals surface area contributed by atoms with Gasteiger partial charge >= 0.3 is 0 Å². The molecule has 0 amide bonds. The molecule has 0 unspecified atom stereocenters. The highest BCUT2D eigenvalue weighted by molar-refractivity contribution is 5.80. The summed E-state index contributed by atoms with van der Waals surface area (Å²) in [5.41, 5.74) is 7.80. The van der Waals surface area contributed by atoms with Gasteiger partial charge in [0.05, 0.1) is 18.9 Å². The van der Waals surface area contributed by atoms with Crippen molar-refractivity contribution < 1.29 is 5.11 Å². The first kappa shape index (κ1) is 20.7. The van der Waals surface area contributed by atoms with Crippen molar-refractivity contribution in [2.75, 3.05) is 51.3 Å². The number of hydrogen-bond donors (Lipinski definition) is 1. The maximum absolute atomic E-state index is 9.09. The Balaban J connectivity index is 1.23. The van der Waals surface area contributed by atoms with Crippen LogP contribution in [0.4, 0.5) is 5.69 Å². The zero-order valence-corrected chi connectivity index (χ0v) is 18.6. The van der Waals surface area contributed by atoms with Gasteiger partial charge in [-0.1, -0.05) is 60.7 Å². The van der Waals surface area contributed by atoms with E-state index in [1.165, 1.54) is 22.3 Å². The van der Waals surface area contributed by atoms with Gasteiger partial charge in [-0.15, -0.1) is 0 Å². The molecular formula is C27H30N4O. The fraction of sp³-hybridized carbons (Fsp3) is 0.296. The monoisotopic (exact) mass is 426 g/mol. The molecule has 0 radical (unpaired) electrons. The number of benzene rings is 3. The lowest BCUT2D eigenvalue weighted by Crippen LogP contribution is -2.45. The summed E-state index contributed by atoms with van der Waals surface area (Å²) in [5, 5.41) is 16.0. The Morgan fingerprint density at radius 2 is 1.47 bits per heavy atom. The number of aliphatic hydroxyl groups is 1. The Morgan fingerprint density at radius 3 is 2.06 bits per heavy atom. The molecule has 3 aromatic rings. The van der Waals surface area contributed by atoms with Crippen LogP contribution in [-0.4, -0.2) is 67.6 Å². The molecule has 2 aliphatic rings. The molecule has 5 rings (SSSR count). The number of hydrogen-bond acceptors (Lipinski definition) is 5. The van der Waals surface area contributed by atoms with E-state index in [-0.39, 0.29) is 6.61 Å². The molecule has 3 aromatic carbocycles. The van der Waals surface area contributed by atoms with Crippen LogP contribution in [0, 0.1) is 0 Å². The van der Waals surface area contributed by atoms with Crippen LogP contribution in [0.1, 0.15) is 22.7 Å². The molecule has 0 spiro atoms. The Hall–Kier alpha value is -3.15. The van der Waals surface area contributed by atoms with E-state index in [2.05, 4.69) is 82.7 Å². The van der Waals surface area contributed by atoms with Crippen molar-refractivity contribution in [1.82, 2.24) is 9.91 Å². The average Bonchev–Trinajstić information content (AvgIpc) is 3.18. The first-order valence-electron chi connectivity index (χ1n) is 11.4. The highest BCUT2D eigenvalue weighted by Crippen LogP contribution is 2.46. The van der Waals surface area contributed by atoms with Crippen molar-refractivity contribution in [3.63, 3.8) is 0 Å². The zero-order valence-electron chi connectivity index (χ0n) is 18.6. The van der Waals surface area contributed by atoms with Gasteiger partial charge in [0, 0.05) is 45.5 Å². The molecule has 1 N–H and O–H groups in total. The first-order chi connectivity index (χ1) is 15.7. The predicted octanol–water partition coefficient (Wildman–Crippen LogP) is 3.84. The molecule has 164 valence electrons. The number of nitrogens with zero attached hydrogens (tertiary/aromatic N) is 4. The third-order valence-electron chi connectivity index (χ3n) is 6.60. The normalized spacial score (nSPS) is 16.4. The second-order valence-electron chi connectivity index (χ2n) is 8.55. The summed E-state index contributed by atoms with van der Waals surface area (Å²) in [6.07, 6.45) is 1.95. The van der Waals surface area contributed by atoms with Crippen LogP contribution in [0.3, 0.4) is 0 Å². The van der Waals surface area contributed by atoms with Gasteiger partial charge in [-0.3, -0.25) is 9.91 Å². The molecule has 5 nitrogen and oxygen atoms in total. The van der Waals surface area contributed by atoms with Gasteiger partial charge in [0.15, 0.2) is 0 Å². The van der Waals surface area contributed by atoms with E-state index in [1.54, 1.807) is 0 Å². The van der Waals surface area contributed by atoms with Crippen molar-refractivity contribution in [1.29, 1.82) is 0 Å². The van der Waals surface area contributed by atoms with E-state index >= 15 is 0 Å². The Kier molecular flexibility index (Phi) is 5.93. The minimum absolute atomic E-state index is 0.156. The first-order valence-corrected chi connectivity index (χ1v) is 11.4. The maximum Gasteiger partial charge on any atom is 0.0615 e. The number of rotatable bonds is 6. The quantitative estimate of drug-likeness (QED) is 0.609. The molecule has 1 heterocycles. The smallest absolute Gasteiger partial charge is 0.0615 e. The topological polar surface area (TPSA) is 42.3 Å². The highest BCUT2D eigenvalue weighted by Gasteiger charge is 2.33. The third kappa shape index (κ3) is 4.01. The number of likely N-dealkylation sites (N-methyl/N-ethyl adjacent to an activating group) is 1. The van der Waals surface area contributed by atoms with Crippen LogP contribution in [0.15, 0.2) is 77.9 Å². The minimum atomic E-state index is 0.156. The van der Waals surface area contributed by atoms with Crippen LogP contribution >= 0.6 is 0 Å². The number of hydrazone groups is 1. The summed E-state index contributed by atoms with van der Waals surface area (Å²) >= 11 is 0. The van der Waals surface area contributed by atoms with Crippen LogP contribution in [0.2, 0.25) is 0 Å². The molecule has 0 saturated carbocycles. The Morgan fingerprint density at radius 1 is 0.875 bits per heavy atom. The van der Waals surface area contributed by atoms with Crippen LogP contribution in [0.5, 0.6) is 0 Å². The van der Waals surface area contributed by atoms with Crippen molar-refractivity contribution in [2.24, 2.45) is 5.10 Å². The summed E-state index contributed by atoms with van der Waals surface area (Å²) in [7, 11) is 1.99. The number of fused-ring (bicyclic) bond motifs is 3. The highest BCUT2D eigenvalue weighted by atomic mass is 16.3. The molecule has 1 fully saturated rings. The third-order valence-corrected chi connectivity index (χ3v) is 6.60. The van der Waals surface area contributed by atoms with Crippen molar-refractivity contribution in [3.8, 4) is 11.1 Å². The van der Waals surface area contributed by atoms with Gasteiger partial charge in [-0.05, 0) is 39.9 Å². The van der Waals surface area contributed by atoms with Gasteiger partial charge in [-0.2, -0.15) is 5.10 Å². The average molecular weight is 427 g/mol. The Bertz CT molecular complexity index is 1040. The molecule has 1 saturated heterocycles.